The SMILES string of the molecule is CC(CO)(Nc1ccccc1Cl)c1cncc(F)c1. The Hall–Kier alpha value is -1.65. The molecule has 100 valence electrons. The summed E-state index contributed by atoms with van der Waals surface area (Å²) in [4.78, 5) is 3.80. The summed E-state index contributed by atoms with van der Waals surface area (Å²) in [6.07, 6.45) is 2.64. The highest BCUT2D eigenvalue weighted by molar-refractivity contribution is 6.33. The molecule has 1 heterocycles. The summed E-state index contributed by atoms with van der Waals surface area (Å²) in [6, 6.07) is 8.52. The number of halogens is 2. The maximum absolute atomic E-state index is 13.3. The lowest BCUT2D eigenvalue weighted by Gasteiger charge is -2.30. The number of hydrogen-bond donors (Lipinski definition) is 2. The van der Waals surface area contributed by atoms with E-state index in [-0.39, 0.29) is 6.61 Å². The van der Waals surface area contributed by atoms with Crippen LogP contribution in [0.3, 0.4) is 0 Å². The Morgan fingerprint density at radius 2 is 2.11 bits per heavy atom. The molecule has 0 saturated carbocycles. The van der Waals surface area contributed by atoms with Gasteiger partial charge in [-0.05, 0) is 25.1 Å². The van der Waals surface area contributed by atoms with Gasteiger partial charge in [0.05, 0.1) is 29.1 Å². The molecule has 0 aliphatic heterocycles. The van der Waals surface area contributed by atoms with Gasteiger partial charge in [-0.3, -0.25) is 4.98 Å². The van der Waals surface area contributed by atoms with Gasteiger partial charge in [0.1, 0.15) is 5.82 Å². The van der Waals surface area contributed by atoms with E-state index in [0.717, 1.165) is 6.20 Å². The van der Waals surface area contributed by atoms with Crippen molar-refractivity contribution in [2.75, 3.05) is 11.9 Å². The quantitative estimate of drug-likeness (QED) is 0.904. The molecule has 1 aromatic heterocycles. The number of aromatic nitrogens is 1. The normalized spacial score (nSPS) is 13.9. The first-order valence-corrected chi connectivity index (χ1v) is 6.17. The van der Waals surface area contributed by atoms with Crippen molar-refractivity contribution in [1.29, 1.82) is 0 Å². The van der Waals surface area contributed by atoms with Crippen molar-refractivity contribution >= 4 is 17.3 Å². The van der Waals surface area contributed by atoms with Crippen molar-refractivity contribution < 1.29 is 9.50 Å². The molecule has 0 aliphatic carbocycles. The molecular weight excluding hydrogens is 267 g/mol. The Bertz CT molecular complexity index is 579. The van der Waals surface area contributed by atoms with E-state index < -0.39 is 11.4 Å². The number of anilines is 1. The molecule has 1 aromatic carbocycles. The number of benzene rings is 1. The topological polar surface area (TPSA) is 45.1 Å². The highest BCUT2D eigenvalue weighted by Crippen LogP contribution is 2.29. The molecule has 0 amide bonds. The minimum absolute atomic E-state index is 0.219. The summed E-state index contributed by atoms with van der Waals surface area (Å²) in [5.41, 5.74) is 0.361. The number of nitrogens with zero attached hydrogens (tertiary/aromatic N) is 1. The summed E-state index contributed by atoms with van der Waals surface area (Å²) in [6.45, 7) is 1.54. The van der Waals surface area contributed by atoms with Crippen LogP contribution in [0.4, 0.5) is 10.1 Å². The van der Waals surface area contributed by atoms with Crippen LogP contribution in [0.25, 0.3) is 0 Å². The Morgan fingerprint density at radius 1 is 1.37 bits per heavy atom. The highest BCUT2D eigenvalue weighted by Gasteiger charge is 2.27. The molecule has 5 heteroatoms. The minimum Gasteiger partial charge on any atom is -0.394 e. The van der Waals surface area contributed by atoms with E-state index in [2.05, 4.69) is 10.3 Å². The summed E-state index contributed by atoms with van der Waals surface area (Å²) >= 11 is 6.07. The molecule has 0 aliphatic rings. The van der Waals surface area contributed by atoms with Crippen molar-refractivity contribution in [1.82, 2.24) is 4.98 Å². The number of rotatable bonds is 4. The largest absolute Gasteiger partial charge is 0.394 e. The molecule has 0 bridgehead atoms. The number of hydrogen-bond acceptors (Lipinski definition) is 3. The van der Waals surface area contributed by atoms with Crippen molar-refractivity contribution in [3.8, 4) is 0 Å². The fourth-order valence-electron chi connectivity index (χ4n) is 1.78. The third-order valence-corrected chi connectivity index (χ3v) is 3.27. The van der Waals surface area contributed by atoms with Gasteiger partial charge in [0.25, 0.3) is 0 Å². The molecule has 3 nitrogen and oxygen atoms in total. The van der Waals surface area contributed by atoms with E-state index in [9.17, 15) is 9.50 Å². The predicted molar refractivity (Wildman–Crippen MR) is 73.7 cm³/mol. The highest BCUT2D eigenvalue weighted by atomic mass is 35.5. The molecule has 0 spiro atoms. The number of nitrogens with one attached hydrogen (secondary N) is 1. The van der Waals surface area contributed by atoms with Crippen LogP contribution in [-0.2, 0) is 5.54 Å². The Balaban J connectivity index is 2.36. The van der Waals surface area contributed by atoms with Gasteiger partial charge in [0.15, 0.2) is 0 Å². The molecule has 0 fully saturated rings. The fraction of sp³-hybridized carbons (Fsp3) is 0.214. The molecule has 0 radical (unpaired) electrons. The van der Waals surface area contributed by atoms with Gasteiger partial charge in [-0.15, -0.1) is 0 Å². The fourth-order valence-corrected chi connectivity index (χ4v) is 1.96. The molecule has 1 unspecified atom stereocenters. The molecule has 0 saturated heterocycles. The lowest BCUT2D eigenvalue weighted by molar-refractivity contribution is 0.223. The third kappa shape index (κ3) is 3.03. The second-order valence-corrected chi connectivity index (χ2v) is 4.89. The second kappa shape index (κ2) is 5.55. The van der Waals surface area contributed by atoms with Crippen LogP contribution in [0, 0.1) is 5.82 Å². The van der Waals surface area contributed by atoms with E-state index in [0.29, 0.717) is 16.3 Å². The van der Waals surface area contributed by atoms with Crippen molar-refractivity contribution in [3.05, 3.63) is 59.1 Å². The summed E-state index contributed by atoms with van der Waals surface area (Å²) in [5, 5.41) is 13.3. The molecule has 2 rings (SSSR count). The molecule has 2 N–H and O–H groups in total. The summed E-state index contributed by atoms with van der Waals surface area (Å²) in [7, 11) is 0. The monoisotopic (exact) mass is 280 g/mol. The zero-order valence-corrected chi connectivity index (χ0v) is 11.2. The smallest absolute Gasteiger partial charge is 0.141 e. The van der Waals surface area contributed by atoms with Crippen LogP contribution in [0.1, 0.15) is 12.5 Å². The van der Waals surface area contributed by atoms with Crippen LogP contribution in [0.15, 0.2) is 42.7 Å². The molecular formula is C14H14ClFN2O. The van der Waals surface area contributed by atoms with Crippen molar-refractivity contribution in [3.63, 3.8) is 0 Å². The Morgan fingerprint density at radius 3 is 2.74 bits per heavy atom. The first kappa shape index (κ1) is 13.8. The zero-order chi connectivity index (χ0) is 13.9. The lowest BCUT2D eigenvalue weighted by atomic mass is 9.94. The van der Waals surface area contributed by atoms with E-state index >= 15 is 0 Å². The summed E-state index contributed by atoms with van der Waals surface area (Å²) in [5.74, 6) is -0.446. The van der Waals surface area contributed by atoms with Gasteiger partial charge in [-0.2, -0.15) is 0 Å². The standard InChI is InChI=1S/C14H14ClFN2O/c1-14(9-19,10-6-11(16)8-17-7-10)18-13-5-3-2-4-12(13)15/h2-8,18-19H,9H2,1H3. The van der Waals surface area contributed by atoms with Crippen LogP contribution >= 0.6 is 11.6 Å². The second-order valence-electron chi connectivity index (χ2n) is 4.49. The van der Waals surface area contributed by atoms with Gasteiger partial charge < -0.3 is 10.4 Å². The molecule has 1 atom stereocenters. The molecule has 2 aromatic rings. The summed E-state index contributed by atoms with van der Waals surface area (Å²) < 4.78 is 13.3. The Labute approximate surface area is 116 Å². The third-order valence-electron chi connectivity index (χ3n) is 2.94. The van der Waals surface area contributed by atoms with E-state index in [1.807, 2.05) is 12.1 Å². The maximum atomic E-state index is 13.3. The molecule has 19 heavy (non-hydrogen) atoms. The number of para-hydroxylation sites is 1. The van der Waals surface area contributed by atoms with Crippen molar-refractivity contribution in [2.45, 2.75) is 12.5 Å². The number of pyridine rings is 1. The van der Waals surface area contributed by atoms with Crippen LogP contribution in [0.2, 0.25) is 5.02 Å². The van der Waals surface area contributed by atoms with Gasteiger partial charge in [-0.25, -0.2) is 4.39 Å². The average Bonchev–Trinajstić information content (AvgIpc) is 2.41. The van der Waals surface area contributed by atoms with Crippen molar-refractivity contribution in [2.24, 2.45) is 0 Å². The van der Waals surface area contributed by atoms with Gasteiger partial charge >= 0.3 is 0 Å². The number of aliphatic hydroxyl groups is 1. The maximum Gasteiger partial charge on any atom is 0.141 e. The van der Waals surface area contributed by atoms with Crippen LogP contribution < -0.4 is 5.32 Å². The van der Waals surface area contributed by atoms with Crippen LogP contribution in [0.5, 0.6) is 0 Å². The van der Waals surface area contributed by atoms with Gasteiger partial charge in [0, 0.05) is 11.8 Å². The van der Waals surface area contributed by atoms with E-state index in [1.54, 1.807) is 19.1 Å². The Kier molecular flexibility index (Phi) is 4.02. The van der Waals surface area contributed by atoms with E-state index in [1.165, 1.54) is 12.3 Å². The van der Waals surface area contributed by atoms with Gasteiger partial charge in [0.2, 0.25) is 0 Å². The van der Waals surface area contributed by atoms with Gasteiger partial charge in [-0.1, -0.05) is 23.7 Å². The zero-order valence-electron chi connectivity index (χ0n) is 10.4. The first-order chi connectivity index (χ1) is 9.05. The first-order valence-electron chi connectivity index (χ1n) is 5.80. The predicted octanol–water partition coefficient (Wildman–Crippen LogP) is 3.19. The number of aliphatic hydroxyl groups excluding tert-OH is 1. The van der Waals surface area contributed by atoms with Crippen LogP contribution in [-0.4, -0.2) is 16.7 Å². The van der Waals surface area contributed by atoms with E-state index in [4.69, 9.17) is 11.6 Å². The average molecular weight is 281 g/mol. The lowest BCUT2D eigenvalue weighted by Crippen LogP contribution is -2.36. The minimum atomic E-state index is -0.861.